The maximum absolute atomic E-state index is 15.2. The average molecular weight is 572 g/mol. The smallest absolute Gasteiger partial charge is 0.413 e. The second kappa shape index (κ2) is 11.5. The summed E-state index contributed by atoms with van der Waals surface area (Å²) in [5.41, 5.74) is 1.65. The lowest BCUT2D eigenvalue weighted by atomic mass is 10.1. The van der Waals surface area contributed by atoms with Crippen molar-refractivity contribution in [2.75, 3.05) is 47.5 Å². The molecule has 1 aliphatic heterocycles. The highest BCUT2D eigenvalue weighted by atomic mass is 32.2. The zero-order chi connectivity index (χ0) is 28.4. The molecule has 2 heterocycles. The van der Waals surface area contributed by atoms with Crippen LogP contribution in [0.25, 0.3) is 11.5 Å². The van der Waals surface area contributed by atoms with E-state index in [9.17, 15) is 26.7 Å². The van der Waals surface area contributed by atoms with Crippen molar-refractivity contribution in [2.24, 2.45) is 0 Å². The largest absolute Gasteiger partial charge is 0.470 e. The highest BCUT2D eigenvalue weighted by Crippen LogP contribution is 2.31. The van der Waals surface area contributed by atoms with Crippen molar-refractivity contribution in [3.63, 3.8) is 0 Å². The summed E-state index contributed by atoms with van der Waals surface area (Å²) in [6, 6.07) is 11.1. The Bertz CT molecular complexity index is 1360. The van der Waals surface area contributed by atoms with E-state index in [0.29, 0.717) is 5.69 Å². The number of aliphatic hydroxyl groups excluding tert-OH is 1. The monoisotopic (exact) mass is 571 g/mol. The molecule has 2 aromatic carbocycles. The number of hydrogen-bond donors (Lipinski definition) is 1. The number of rotatable bonds is 9. The van der Waals surface area contributed by atoms with Crippen LogP contribution in [0.3, 0.4) is 0 Å². The Balaban J connectivity index is 1.62. The molecule has 39 heavy (non-hydrogen) atoms. The molecule has 1 fully saturated rings. The van der Waals surface area contributed by atoms with Gasteiger partial charge in [0.15, 0.2) is 16.2 Å². The third kappa shape index (κ3) is 6.68. The fourth-order valence-corrected chi connectivity index (χ4v) is 5.58. The summed E-state index contributed by atoms with van der Waals surface area (Å²) in [7, 11) is -3.19. The van der Waals surface area contributed by atoms with Crippen LogP contribution >= 0.6 is 0 Å². The molecule has 4 rings (SSSR count). The van der Waals surface area contributed by atoms with E-state index >= 15 is 4.39 Å². The van der Waals surface area contributed by atoms with E-state index in [0.717, 1.165) is 24.8 Å². The van der Waals surface area contributed by atoms with Crippen LogP contribution in [-0.2, 0) is 22.6 Å². The molecular formula is C25H29F4N5O4S. The van der Waals surface area contributed by atoms with E-state index in [4.69, 9.17) is 0 Å². The lowest BCUT2D eigenvalue weighted by molar-refractivity contribution is -0.156. The fourth-order valence-electron chi connectivity index (χ4n) is 4.35. The van der Waals surface area contributed by atoms with E-state index in [1.807, 2.05) is 26.0 Å². The first-order valence-corrected chi connectivity index (χ1v) is 14.2. The number of alkyl halides is 3. The Morgan fingerprint density at radius 1 is 1.03 bits per heavy atom. The molecule has 0 radical (unpaired) electrons. The number of anilines is 2. The molecule has 14 heteroatoms. The predicted molar refractivity (Wildman–Crippen MR) is 137 cm³/mol. The maximum Gasteiger partial charge on any atom is 0.470 e. The summed E-state index contributed by atoms with van der Waals surface area (Å²) in [6.07, 6.45) is -6.08. The first-order chi connectivity index (χ1) is 18.4. The summed E-state index contributed by atoms with van der Waals surface area (Å²) < 4.78 is 82.1. The fraction of sp³-hybridized carbons (Fsp3) is 0.440. The standard InChI is InChI=1S/C25H29F4N5O4S/c1-3-32(4-2)19-7-9-20(10-8-19)34(24(35)33-11-13-39(36,37)14-12-33)16-18-6-5-17(15-21(18)26)22-30-31-23(38-22)25(27,28)29/h5-10,15,24,35H,3-4,11-14,16H2,1-2H3. The molecule has 0 amide bonds. The predicted octanol–water partition coefficient (Wildman–Crippen LogP) is 3.75. The number of aliphatic hydroxyl groups is 1. The Labute approximate surface area is 223 Å². The van der Waals surface area contributed by atoms with Crippen molar-refractivity contribution in [1.29, 1.82) is 0 Å². The van der Waals surface area contributed by atoms with E-state index < -0.39 is 40.0 Å². The summed E-state index contributed by atoms with van der Waals surface area (Å²) in [5.74, 6) is -2.98. The first kappa shape index (κ1) is 28.8. The molecule has 0 bridgehead atoms. The highest BCUT2D eigenvalue weighted by molar-refractivity contribution is 7.91. The van der Waals surface area contributed by atoms with Gasteiger partial charge >= 0.3 is 12.1 Å². The highest BCUT2D eigenvalue weighted by Gasteiger charge is 2.38. The first-order valence-electron chi connectivity index (χ1n) is 12.4. The number of aromatic nitrogens is 2. The van der Waals surface area contributed by atoms with Crippen LogP contribution in [0.15, 0.2) is 46.9 Å². The van der Waals surface area contributed by atoms with Crippen LogP contribution in [0.2, 0.25) is 0 Å². The van der Waals surface area contributed by atoms with Crippen LogP contribution in [-0.4, -0.2) is 72.7 Å². The Morgan fingerprint density at radius 2 is 1.64 bits per heavy atom. The van der Waals surface area contributed by atoms with Crippen LogP contribution in [0.5, 0.6) is 0 Å². The lowest BCUT2D eigenvalue weighted by Gasteiger charge is -2.39. The van der Waals surface area contributed by atoms with E-state index in [-0.39, 0.29) is 42.3 Å². The van der Waals surface area contributed by atoms with Gasteiger partial charge in [-0.15, -0.1) is 10.2 Å². The van der Waals surface area contributed by atoms with Gasteiger partial charge in [0.25, 0.3) is 0 Å². The van der Waals surface area contributed by atoms with Crippen molar-refractivity contribution >= 4 is 21.2 Å². The zero-order valence-corrected chi connectivity index (χ0v) is 22.2. The number of benzene rings is 2. The van der Waals surface area contributed by atoms with Crippen molar-refractivity contribution < 1.29 is 35.5 Å². The van der Waals surface area contributed by atoms with Crippen LogP contribution < -0.4 is 9.80 Å². The van der Waals surface area contributed by atoms with Crippen molar-refractivity contribution in [3.8, 4) is 11.5 Å². The molecule has 1 aliphatic rings. The van der Waals surface area contributed by atoms with Crippen LogP contribution in [0.1, 0.15) is 25.3 Å². The third-order valence-electron chi connectivity index (χ3n) is 6.60. The van der Waals surface area contributed by atoms with Gasteiger partial charge in [-0.3, -0.25) is 4.90 Å². The average Bonchev–Trinajstić information content (AvgIpc) is 3.40. The summed E-state index contributed by atoms with van der Waals surface area (Å²) >= 11 is 0. The Kier molecular flexibility index (Phi) is 8.47. The lowest BCUT2D eigenvalue weighted by Crippen LogP contribution is -2.53. The van der Waals surface area contributed by atoms with Gasteiger partial charge in [0.1, 0.15) is 5.82 Å². The number of halogens is 4. The minimum absolute atomic E-state index is 0.0313. The SMILES string of the molecule is CCN(CC)c1ccc(N(Cc2ccc(-c3nnc(C(F)(F)F)o3)cc2F)C(O)N2CCS(=O)(=O)CC2)cc1. The minimum Gasteiger partial charge on any atom is -0.413 e. The molecule has 0 aliphatic carbocycles. The molecule has 1 N–H and O–H groups in total. The molecule has 1 aromatic heterocycles. The molecular weight excluding hydrogens is 542 g/mol. The topological polar surface area (TPSA) is 103 Å². The molecule has 9 nitrogen and oxygen atoms in total. The van der Waals surface area contributed by atoms with Gasteiger partial charge in [-0.1, -0.05) is 6.07 Å². The van der Waals surface area contributed by atoms with E-state index in [2.05, 4.69) is 19.5 Å². The number of hydrogen-bond acceptors (Lipinski definition) is 9. The second-order valence-electron chi connectivity index (χ2n) is 9.07. The number of nitrogens with zero attached hydrogens (tertiary/aromatic N) is 5. The van der Waals surface area contributed by atoms with Gasteiger partial charge in [-0.25, -0.2) is 12.8 Å². The van der Waals surface area contributed by atoms with Gasteiger partial charge in [0.05, 0.1) is 11.5 Å². The summed E-state index contributed by atoms with van der Waals surface area (Å²) in [5, 5.41) is 17.6. The van der Waals surface area contributed by atoms with Gasteiger partial charge in [0, 0.05) is 55.2 Å². The van der Waals surface area contributed by atoms with Crippen molar-refractivity contribution in [2.45, 2.75) is 32.9 Å². The normalized spacial score (nSPS) is 16.7. The van der Waals surface area contributed by atoms with Gasteiger partial charge < -0.3 is 19.3 Å². The van der Waals surface area contributed by atoms with Crippen molar-refractivity contribution in [3.05, 3.63) is 59.7 Å². The maximum atomic E-state index is 15.2. The molecule has 0 spiro atoms. The van der Waals surface area contributed by atoms with Gasteiger partial charge in [-0.2, -0.15) is 13.2 Å². The minimum atomic E-state index is -4.82. The van der Waals surface area contributed by atoms with Crippen LogP contribution in [0.4, 0.5) is 28.9 Å². The zero-order valence-electron chi connectivity index (χ0n) is 21.4. The summed E-state index contributed by atoms with van der Waals surface area (Å²) in [6.45, 7) is 5.76. The Hall–Kier alpha value is -3.23. The number of sulfone groups is 1. The van der Waals surface area contributed by atoms with Gasteiger partial charge in [-0.05, 0) is 50.2 Å². The quantitative estimate of drug-likeness (QED) is 0.304. The molecule has 0 saturated carbocycles. The summed E-state index contributed by atoms with van der Waals surface area (Å²) in [4.78, 5) is 5.28. The van der Waals surface area contributed by atoms with E-state index in [1.165, 1.54) is 17.0 Å². The van der Waals surface area contributed by atoms with E-state index in [1.54, 1.807) is 17.0 Å². The van der Waals surface area contributed by atoms with Gasteiger partial charge in [0.2, 0.25) is 5.89 Å². The molecule has 212 valence electrons. The van der Waals surface area contributed by atoms with Crippen molar-refractivity contribution in [1.82, 2.24) is 15.1 Å². The molecule has 1 unspecified atom stereocenters. The molecule has 1 saturated heterocycles. The molecule has 1 atom stereocenters. The third-order valence-corrected chi connectivity index (χ3v) is 8.21. The van der Waals surface area contributed by atoms with Crippen LogP contribution in [0, 0.1) is 5.82 Å². The Morgan fingerprint density at radius 3 is 2.18 bits per heavy atom. The second-order valence-corrected chi connectivity index (χ2v) is 11.4. The molecule has 3 aromatic rings.